The van der Waals surface area contributed by atoms with E-state index in [1.54, 1.807) is 23.8 Å². The molecular formula is C26H32N2O5. The lowest BCUT2D eigenvalue weighted by Crippen LogP contribution is -2.24. The zero-order valence-electron chi connectivity index (χ0n) is 19.6. The number of methoxy groups -OCH3 is 1. The number of phenols is 2. The summed E-state index contributed by atoms with van der Waals surface area (Å²) in [6, 6.07) is 13.1. The van der Waals surface area contributed by atoms with Crippen molar-refractivity contribution in [3.63, 3.8) is 0 Å². The maximum Gasteiger partial charge on any atom is 0.418 e. The van der Waals surface area contributed by atoms with Crippen molar-refractivity contribution in [3.8, 4) is 11.5 Å². The molecule has 1 aliphatic carbocycles. The Kier molecular flexibility index (Phi) is 6.01. The van der Waals surface area contributed by atoms with Crippen molar-refractivity contribution in [2.24, 2.45) is 0 Å². The topological polar surface area (TPSA) is 93.0 Å². The number of rotatable bonds is 7. The molecule has 33 heavy (non-hydrogen) atoms. The van der Waals surface area contributed by atoms with Crippen molar-refractivity contribution < 1.29 is 24.5 Å². The second-order valence-corrected chi connectivity index (χ2v) is 9.83. The summed E-state index contributed by atoms with van der Waals surface area (Å²) < 4.78 is 12.1. The first kappa shape index (κ1) is 23.0. The first-order valence-corrected chi connectivity index (χ1v) is 11.2. The van der Waals surface area contributed by atoms with Crippen LogP contribution in [0.15, 0.2) is 42.5 Å². The molecule has 0 atom stereocenters. The average Bonchev–Trinajstić information content (AvgIpc) is 3.45. The molecule has 7 nitrogen and oxygen atoms in total. The minimum Gasteiger partial charge on any atom is -0.504 e. The summed E-state index contributed by atoms with van der Waals surface area (Å²) in [6.45, 7) is 7.49. The Morgan fingerprint density at radius 3 is 2.45 bits per heavy atom. The number of carbonyl (C=O) groups is 1. The highest BCUT2D eigenvalue weighted by molar-refractivity contribution is 5.93. The number of hydrogen-bond donors (Lipinski definition) is 3. The fourth-order valence-electron chi connectivity index (χ4n) is 4.19. The van der Waals surface area contributed by atoms with Crippen LogP contribution in [0.3, 0.4) is 0 Å². The van der Waals surface area contributed by atoms with Gasteiger partial charge < -0.3 is 25.0 Å². The summed E-state index contributed by atoms with van der Waals surface area (Å²) in [4.78, 5) is 12.9. The molecule has 7 heteroatoms. The average molecular weight is 453 g/mol. The van der Waals surface area contributed by atoms with E-state index in [0.717, 1.165) is 40.7 Å². The van der Waals surface area contributed by atoms with Crippen LogP contribution in [0.4, 0.5) is 10.5 Å². The maximum atomic E-state index is 12.9. The van der Waals surface area contributed by atoms with Crippen LogP contribution >= 0.6 is 0 Å². The Morgan fingerprint density at radius 2 is 1.82 bits per heavy atom. The van der Waals surface area contributed by atoms with Gasteiger partial charge in [0.25, 0.3) is 0 Å². The Hall–Kier alpha value is -3.19. The smallest absolute Gasteiger partial charge is 0.418 e. The van der Waals surface area contributed by atoms with E-state index in [0.29, 0.717) is 13.2 Å². The van der Waals surface area contributed by atoms with Gasteiger partial charge in [0.15, 0.2) is 11.5 Å². The summed E-state index contributed by atoms with van der Waals surface area (Å²) >= 11 is 0. The van der Waals surface area contributed by atoms with E-state index >= 15 is 0 Å². The monoisotopic (exact) mass is 452 g/mol. The van der Waals surface area contributed by atoms with Crippen LogP contribution in [0, 0.1) is 0 Å². The molecule has 176 valence electrons. The van der Waals surface area contributed by atoms with Crippen molar-refractivity contribution in [2.45, 2.75) is 44.4 Å². The second-order valence-electron chi connectivity index (χ2n) is 9.83. The molecule has 1 aromatic heterocycles. The van der Waals surface area contributed by atoms with Gasteiger partial charge in [-0.1, -0.05) is 26.8 Å². The molecule has 1 saturated carbocycles. The fourth-order valence-corrected chi connectivity index (χ4v) is 4.19. The van der Waals surface area contributed by atoms with E-state index in [9.17, 15) is 15.0 Å². The number of aromatic nitrogens is 1. The van der Waals surface area contributed by atoms with Gasteiger partial charge >= 0.3 is 6.09 Å². The molecule has 0 radical (unpaired) electrons. The van der Waals surface area contributed by atoms with Crippen LogP contribution in [0.5, 0.6) is 11.5 Å². The van der Waals surface area contributed by atoms with Gasteiger partial charge in [-0.05, 0) is 54.8 Å². The molecule has 1 aliphatic rings. The zero-order valence-corrected chi connectivity index (χ0v) is 19.6. The van der Waals surface area contributed by atoms with E-state index in [2.05, 4.69) is 26.1 Å². The Bertz CT molecular complexity index is 1170. The number of nitrogens with one attached hydrogen (secondary N) is 1. The number of benzene rings is 2. The molecule has 1 fully saturated rings. The van der Waals surface area contributed by atoms with E-state index in [1.807, 2.05) is 30.3 Å². The molecule has 3 N–H and O–H groups in total. The van der Waals surface area contributed by atoms with Gasteiger partial charge in [-0.15, -0.1) is 0 Å². The van der Waals surface area contributed by atoms with Gasteiger partial charge in [-0.2, -0.15) is 0 Å². The number of fused-ring (bicyclic) bond motifs is 1. The molecular weight excluding hydrogens is 420 g/mol. The quantitative estimate of drug-likeness (QED) is 0.340. The van der Waals surface area contributed by atoms with Crippen LogP contribution in [-0.2, 0) is 20.3 Å². The van der Waals surface area contributed by atoms with Gasteiger partial charge in [0.05, 0.1) is 12.1 Å². The predicted molar refractivity (Wildman–Crippen MR) is 128 cm³/mol. The number of ether oxygens (including phenoxy) is 2. The Labute approximate surface area is 193 Å². The summed E-state index contributed by atoms with van der Waals surface area (Å²) in [6.07, 6.45) is 1.63. The fraction of sp³-hybridized carbons (Fsp3) is 0.423. The minimum atomic E-state index is -0.406. The van der Waals surface area contributed by atoms with Crippen LogP contribution in [0.25, 0.3) is 10.9 Å². The number of anilines is 1. The van der Waals surface area contributed by atoms with Crippen molar-refractivity contribution in [1.82, 2.24) is 4.57 Å². The largest absolute Gasteiger partial charge is 0.504 e. The number of phenolic OH excluding ortho intramolecular Hbond substituents is 2. The highest BCUT2D eigenvalue weighted by Gasteiger charge is 2.44. The summed E-state index contributed by atoms with van der Waals surface area (Å²) in [5.41, 5.74) is 3.38. The van der Waals surface area contributed by atoms with Gasteiger partial charge in [0, 0.05) is 41.3 Å². The highest BCUT2D eigenvalue weighted by atomic mass is 16.6. The number of nitrogens with zero attached hydrogens (tertiary/aromatic N) is 1. The van der Waals surface area contributed by atoms with Gasteiger partial charge in [0.1, 0.15) is 6.61 Å². The zero-order chi connectivity index (χ0) is 23.8. The van der Waals surface area contributed by atoms with Crippen LogP contribution < -0.4 is 5.32 Å². The van der Waals surface area contributed by atoms with Crippen molar-refractivity contribution >= 4 is 22.7 Å². The predicted octanol–water partition coefficient (Wildman–Crippen LogP) is 5.12. The molecule has 2 aromatic carbocycles. The van der Waals surface area contributed by atoms with E-state index < -0.39 is 6.09 Å². The third-order valence-corrected chi connectivity index (χ3v) is 6.34. The lowest BCUT2D eigenvalue weighted by atomic mass is 9.92. The Balaban J connectivity index is 1.58. The molecule has 1 heterocycles. The van der Waals surface area contributed by atoms with Crippen LogP contribution in [0.1, 0.15) is 44.9 Å². The SMILES string of the molecule is COCCOC(=O)n1c(C(C)(C)C)cc2cc(NCC3(c4ccc(O)c(O)c4)CC3)ccc21. The molecule has 4 rings (SSSR count). The summed E-state index contributed by atoms with van der Waals surface area (Å²) in [5, 5.41) is 24.0. The molecule has 0 spiro atoms. The lowest BCUT2D eigenvalue weighted by molar-refractivity contribution is 0.0993. The van der Waals surface area contributed by atoms with E-state index in [4.69, 9.17) is 9.47 Å². The third kappa shape index (κ3) is 4.64. The standard InChI is InChI=1S/C26H32N2O5/c1-25(2,3)23-14-17-13-19(6-7-20(17)28(23)24(31)33-12-11-32-4)27-16-26(9-10-26)18-5-8-21(29)22(30)15-18/h5-8,13-15,27,29-30H,9-12,16H2,1-4H3. The van der Waals surface area contributed by atoms with Crippen molar-refractivity contribution in [2.75, 3.05) is 32.2 Å². The lowest BCUT2D eigenvalue weighted by Gasteiger charge is -2.21. The molecule has 3 aromatic rings. The van der Waals surface area contributed by atoms with E-state index in [-0.39, 0.29) is 28.9 Å². The number of hydrogen-bond acceptors (Lipinski definition) is 6. The first-order valence-electron chi connectivity index (χ1n) is 11.2. The highest BCUT2D eigenvalue weighted by Crippen LogP contribution is 2.49. The van der Waals surface area contributed by atoms with Crippen molar-refractivity contribution in [1.29, 1.82) is 0 Å². The third-order valence-electron chi connectivity index (χ3n) is 6.34. The summed E-state index contributed by atoms with van der Waals surface area (Å²) in [7, 11) is 1.57. The van der Waals surface area contributed by atoms with Crippen molar-refractivity contribution in [3.05, 3.63) is 53.7 Å². The number of carbonyl (C=O) groups excluding carboxylic acids is 1. The van der Waals surface area contributed by atoms with Crippen LogP contribution in [0.2, 0.25) is 0 Å². The molecule has 0 aliphatic heterocycles. The molecule has 0 saturated heterocycles. The van der Waals surface area contributed by atoms with Gasteiger partial charge in [-0.3, -0.25) is 0 Å². The number of aromatic hydroxyl groups is 2. The molecule has 0 bridgehead atoms. The summed E-state index contributed by atoms with van der Waals surface area (Å²) in [5.74, 6) is -0.193. The molecule has 0 unspecified atom stereocenters. The van der Waals surface area contributed by atoms with Gasteiger partial charge in [-0.25, -0.2) is 9.36 Å². The second kappa shape index (κ2) is 8.63. The maximum absolute atomic E-state index is 12.9. The van der Waals surface area contributed by atoms with E-state index in [1.165, 1.54) is 0 Å². The van der Waals surface area contributed by atoms with Gasteiger partial charge in [0.2, 0.25) is 0 Å². The Morgan fingerprint density at radius 1 is 1.06 bits per heavy atom. The normalized spacial score (nSPS) is 14.9. The van der Waals surface area contributed by atoms with Crippen LogP contribution in [-0.4, -0.2) is 47.7 Å². The first-order chi connectivity index (χ1) is 15.6. The molecule has 0 amide bonds. The minimum absolute atomic E-state index is 0.0478.